The first-order valence-corrected chi connectivity index (χ1v) is 11.0. The van der Waals surface area contributed by atoms with Crippen LogP contribution in [0.15, 0.2) is 72.8 Å². The zero-order chi connectivity index (χ0) is 22.2. The Kier molecular flexibility index (Phi) is 5.35. The number of benzene rings is 3. The maximum absolute atomic E-state index is 12.9. The number of carbonyl (C=O) groups is 2. The van der Waals surface area contributed by atoms with E-state index in [-0.39, 0.29) is 31.5 Å². The van der Waals surface area contributed by atoms with Crippen LogP contribution in [0.5, 0.6) is 0 Å². The Morgan fingerprint density at radius 2 is 1.44 bits per heavy atom. The Bertz CT molecular complexity index is 1150. The predicted molar refractivity (Wildman–Crippen MR) is 122 cm³/mol. The van der Waals surface area contributed by atoms with Crippen molar-refractivity contribution in [1.29, 1.82) is 0 Å². The quantitative estimate of drug-likeness (QED) is 0.582. The number of ether oxygens (including phenoxy) is 1. The second kappa shape index (κ2) is 8.32. The van der Waals surface area contributed by atoms with Gasteiger partial charge in [0.2, 0.25) is 0 Å². The molecule has 32 heavy (non-hydrogen) atoms. The van der Waals surface area contributed by atoms with Crippen LogP contribution in [0.25, 0.3) is 11.1 Å². The van der Waals surface area contributed by atoms with Crippen molar-refractivity contribution in [3.05, 3.63) is 94.5 Å². The molecule has 0 bridgehead atoms. The average Bonchev–Trinajstić information content (AvgIpc) is 3.38. The van der Waals surface area contributed by atoms with Crippen molar-refractivity contribution in [2.24, 2.45) is 5.92 Å². The van der Waals surface area contributed by atoms with E-state index in [9.17, 15) is 14.7 Å². The van der Waals surface area contributed by atoms with Gasteiger partial charge < -0.3 is 14.7 Å². The Morgan fingerprint density at radius 1 is 0.875 bits per heavy atom. The van der Waals surface area contributed by atoms with Gasteiger partial charge >= 0.3 is 12.1 Å². The van der Waals surface area contributed by atoms with Crippen LogP contribution in [-0.4, -0.2) is 41.8 Å². The van der Waals surface area contributed by atoms with Crippen molar-refractivity contribution in [2.75, 3.05) is 19.7 Å². The van der Waals surface area contributed by atoms with Crippen molar-refractivity contribution >= 4 is 23.7 Å². The van der Waals surface area contributed by atoms with Gasteiger partial charge in [0.1, 0.15) is 6.61 Å². The molecule has 1 fully saturated rings. The minimum absolute atomic E-state index is 0.0383. The average molecular weight is 448 g/mol. The molecule has 5 rings (SSSR count). The lowest BCUT2D eigenvalue weighted by molar-refractivity contribution is -0.141. The molecule has 1 N–H and O–H groups in total. The third-order valence-electron chi connectivity index (χ3n) is 6.54. The van der Waals surface area contributed by atoms with E-state index >= 15 is 0 Å². The lowest BCUT2D eigenvalue weighted by atomic mass is 9.89. The van der Waals surface area contributed by atoms with Crippen molar-refractivity contribution < 1.29 is 19.4 Å². The third kappa shape index (κ3) is 3.53. The maximum Gasteiger partial charge on any atom is 0.409 e. The number of fused-ring (bicyclic) bond motifs is 3. The van der Waals surface area contributed by atoms with Crippen LogP contribution in [0.2, 0.25) is 5.02 Å². The molecule has 0 radical (unpaired) electrons. The lowest BCUT2D eigenvalue weighted by Crippen LogP contribution is -2.31. The number of nitrogens with zero attached hydrogens (tertiary/aromatic N) is 1. The van der Waals surface area contributed by atoms with Crippen molar-refractivity contribution in [2.45, 2.75) is 11.8 Å². The molecule has 2 aliphatic rings. The zero-order valence-corrected chi connectivity index (χ0v) is 18.0. The number of hydrogen-bond donors (Lipinski definition) is 1. The number of likely N-dealkylation sites (tertiary alicyclic amines) is 1. The molecular formula is C26H22ClNO4. The van der Waals surface area contributed by atoms with Gasteiger partial charge in [0, 0.05) is 29.9 Å². The van der Waals surface area contributed by atoms with Gasteiger partial charge in [-0.3, -0.25) is 4.79 Å². The summed E-state index contributed by atoms with van der Waals surface area (Å²) in [6.45, 7) is 0.567. The fourth-order valence-corrected chi connectivity index (χ4v) is 5.26. The first kappa shape index (κ1) is 20.6. The number of hydrogen-bond acceptors (Lipinski definition) is 3. The fraction of sp³-hybridized carbons (Fsp3) is 0.231. The van der Waals surface area contributed by atoms with Gasteiger partial charge in [-0.25, -0.2) is 4.79 Å². The minimum Gasteiger partial charge on any atom is -0.481 e. The van der Waals surface area contributed by atoms with Gasteiger partial charge in [0.05, 0.1) is 5.92 Å². The highest BCUT2D eigenvalue weighted by Gasteiger charge is 2.42. The molecule has 1 amide bonds. The summed E-state index contributed by atoms with van der Waals surface area (Å²) in [6.07, 6.45) is -0.493. The molecule has 3 aromatic rings. The number of aliphatic carboxylic acids is 1. The first-order valence-electron chi connectivity index (χ1n) is 10.6. The van der Waals surface area contributed by atoms with Crippen LogP contribution in [0.4, 0.5) is 4.79 Å². The molecule has 0 aromatic heterocycles. The van der Waals surface area contributed by atoms with Gasteiger partial charge in [-0.1, -0.05) is 78.3 Å². The summed E-state index contributed by atoms with van der Waals surface area (Å²) in [5, 5.41) is 10.2. The normalized spacial score (nSPS) is 19.5. The molecule has 0 spiro atoms. The summed E-state index contributed by atoms with van der Waals surface area (Å²) >= 11 is 6.32. The molecule has 1 heterocycles. The number of halogens is 1. The van der Waals surface area contributed by atoms with Crippen LogP contribution in [-0.2, 0) is 9.53 Å². The largest absolute Gasteiger partial charge is 0.481 e. The maximum atomic E-state index is 12.9. The first-order chi connectivity index (χ1) is 15.5. The second-order valence-electron chi connectivity index (χ2n) is 8.28. The number of rotatable bonds is 4. The van der Waals surface area contributed by atoms with E-state index in [1.165, 1.54) is 4.90 Å². The molecule has 162 valence electrons. The Balaban J connectivity index is 1.33. The highest BCUT2D eigenvalue weighted by molar-refractivity contribution is 6.31. The standard InChI is InChI=1S/C26H22ClNO4/c27-24-12-6-5-11-20(24)21-13-28(14-22(21)25(29)30)26(31)32-15-23-18-9-3-1-7-16(18)17-8-2-4-10-19(17)23/h1-12,21-23H,13-15H2,(H,29,30)/t21-,22+/m0/s1. The molecule has 0 saturated carbocycles. The molecule has 2 atom stereocenters. The van der Waals surface area contributed by atoms with Gasteiger partial charge in [-0.05, 0) is 33.9 Å². The van der Waals surface area contributed by atoms with Crippen molar-refractivity contribution in [3.8, 4) is 11.1 Å². The summed E-state index contributed by atoms with van der Waals surface area (Å²) < 4.78 is 5.73. The van der Waals surface area contributed by atoms with Crippen molar-refractivity contribution in [3.63, 3.8) is 0 Å². The van der Waals surface area contributed by atoms with Crippen LogP contribution in [0.1, 0.15) is 28.5 Å². The second-order valence-corrected chi connectivity index (χ2v) is 8.69. The number of amides is 1. The minimum atomic E-state index is -0.941. The zero-order valence-electron chi connectivity index (χ0n) is 17.3. The molecular weight excluding hydrogens is 426 g/mol. The SMILES string of the molecule is O=C(O)[C@@H]1CN(C(=O)OCC2c3ccccc3-c3ccccc32)C[C@H]1c1ccccc1Cl. The van der Waals surface area contributed by atoms with Gasteiger partial charge in [-0.15, -0.1) is 0 Å². The van der Waals surface area contributed by atoms with E-state index in [1.54, 1.807) is 12.1 Å². The monoisotopic (exact) mass is 447 g/mol. The van der Waals surface area contributed by atoms with Crippen LogP contribution in [0, 0.1) is 5.92 Å². The molecule has 0 unspecified atom stereocenters. The summed E-state index contributed by atoms with van der Waals surface area (Å²) in [7, 11) is 0. The van der Waals surface area contributed by atoms with Crippen LogP contribution >= 0.6 is 11.6 Å². The summed E-state index contributed by atoms with van der Waals surface area (Å²) in [6, 6.07) is 23.5. The highest BCUT2D eigenvalue weighted by atomic mass is 35.5. The molecule has 1 aliphatic heterocycles. The molecule has 5 nitrogen and oxygen atoms in total. The molecule has 1 aliphatic carbocycles. The van der Waals surface area contributed by atoms with E-state index in [0.717, 1.165) is 27.8 Å². The summed E-state index contributed by atoms with van der Waals surface area (Å²) in [5.74, 6) is -2.08. The predicted octanol–water partition coefficient (Wildman–Crippen LogP) is 5.39. The lowest BCUT2D eigenvalue weighted by Gasteiger charge is -2.19. The molecule has 1 saturated heterocycles. The van der Waals surface area contributed by atoms with Crippen LogP contribution in [0.3, 0.4) is 0 Å². The van der Waals surface area contributed by atoms with Crippen molar-refractivity contribution in [1.82, 2.24) is 4.90 Å². The summed E-state index contributed by atoms with van der Waals surface area (Å²) in [4.78, 5) is 26.3. The van der Waals surface area contributed by atoms with E-state index in [1.807, 2.05) is 36.4 Å². The summed E-state index contributed by atoms with van der Waals surface area (Å²) in [5.41, 5.74) is 5.35. The van der Waals surface area contributed by atoms with E-state index < -0.39 is 18.0 Å². The number of carboxylic acid groups (broad SMARTS) is 1. The van der Waals surface area contributed by atoms with E-state index in [0.29, 0.717) is 5.02 Å². The molecule has 3 aromatic carbocycles. The van der Waals surface area contributed by atoms with Gasteiger partial charge in [0.25, 0.3) is 0 Å². The Labute approximate surface area is 191 Å². The van der Waals surface area contributed by atoms with Gasteiger partial charge in [0.15, 0.2) is 0 Å². The topological polar surface area (TPSA) is 66.8 Å². The van der Waals surface area contributed by atoms with E-state index in [4.69, 9.17) is 16.3 Å². The Hall–Kier alpha value is -3.31. The fourth-order valence-electron chi connectivity index (χ4n) is 4.98. The van der Waals surface area contributed by atoms with Crippen LogP contribution < -0.4 is 0 Å². The third-order valence-corrected chi connectivity index (χ3v) is 6.88. The van der Waals surface area contributed by atoms with Gasteiger partial charge in [-0.2, -0.15) is 0 Å². The number of carbonyl (C=O) groups excluding carboxylic acids is 1. The Morgan fingerprint density at radius 3 is 2.03 bits per heavy atom. The highest BCUT2D eigenvalue weighted by Crippen LogP contribution is 2.44. The molecule has 6 heteroatoms. The smallest absolute Gasteiger partial charge is 0.409 e. The van der Waals surface area contributed by atoms with E-state index in [2.05, 4.69) is 24.3 Å². The number of carboxylic acids is 1.